The maximum atomic E-state index is 6.12. The smallest absolute Gasteiger partial charge is 0.149 e. The molecule has 3 aromatic rings. The van der Waals surface area contributed by atoms with E-state index in [-0.39, 0.29) is 0 Å². The molecule has 0 aliphatic rings. The summed E-state index contributed by atoms with van der Waals surface area (Å²) in [5.41, 5.74) is 3.87. The van der Waals surface area contributed by atoms with Gasteiger partial charge >= 0.3 is 0 Å². The molecule has 3 rings (SSSR count). The van der Waals surface area contributed by atoms with Gasteiger partial charge in [0.1, 0.15) is 17.1 Å². The van der Waals surface area contributed by atoms with Crippen molar-refractivity contribution in [3.8, 4) is 5.69 Å². The summed E-state index contributed by atoms with van der Waals surface area (Å²) in [5.74, 6) is 0. The predicted molar refractivity (Wildman–Crippen MR) is 82.5 cm³/mol. The van der Waals surface area contributed by atoms with E-state index in [0.717, 1.165) is 28.0 Å². The van der Waals surface area contributed by atoms with Crippen LogP contribution in [0, 0.1) is 13.8 Å². The lowest BCUT2D eigenvalue weighted by molar-refractivity contribution is 1.05. The highest BCUT2D eigenvalue weighted by molar-refractivity contribution is 6.34. The number of hydrogen-bond donors (Lipinski definition) is 0. The van der Waals surface area contributed by atoms with Gasteiger partial charge < -0.3 is 4.57 Å². The van der Waals surface area contributed by atoms with Crippen molar-refractivity contribution in [2.45, 2.75) is 27.7 Å². The Morgan fingerprint density at radius 2 is 1.85 bits per heavy atom. The van der Waals surface area contributed by atoms with Gasteiger partial charge in [-0.2, -0.15) is 0 Å². The fourth-order valence-corrected chi connectivity index (χ4v) is 2.35. The zero-order chi connectivity index (χ0) is 14.7. The highest BCUT2D eigenvalue weighted by atomic mass is 35.5. The van der Waals surface area contributed by atoms with Gasteiger partial charge in [-0.15, -0.1) is 0 Å². The van der Waals surface area contributed by atoms with Gasteiger partial charge in [0.05, 0.1) is 11.1 Å². The highest BCUT2D eigenvalue weighted by Crippen LogP contribution is 2.27. The van der Waals surface area contributed by atoms with Crippen molar-refractivity contribution in [2.24, 2.45) is 0 Å². The van der Waals surface area contributed by atoms with E-state index in [1.165, 1.54) is 6.33 Å². The maximum absolute atomic E-state index is 6.12. The summed E-state index contributed by atoms with van der Waals surface area (Å²) in [5, 5.41) is 1.38. The lowest BCUT2D eigenvalue weighted by Crippen LogP contribution is -1.95. The van der Waals surface area contributed by atoms with E-state index in [1.54, 1.807) is 6.20 Å². The summed E-state index contributed by atoms with van der Waals surface area (Å²) in [6.07, 6.45) is 5.28. The first kappa shape index (κ1) is 14.5. The molecule has 20 heavy (non-hydrogen) atoms. The Kier molecular flexibility index (Phi) is 4.35. The Morgan fingerprint density at radius 1 is 1.10 bits per heavy atom. The molecule has 0 radical (unpaired) electrons. The van der Waals surface area contributed by atoms with Crippen LogP contribution < -0.4 is 0 Å². The van der Waals surface area contributed by atoms with Crippen LogP contribution >= 0.6 is 11.6 Å². The second-order valence-corrected chi connectivity index (χ2v) is 4.56. The molecule has 0 atom stereocenters. The first-order chi connectivity index (χ1) is 9.66. The quantitative estimate of drug-likeness (QED) is 0.633. The number of fused-ring (bicyclic) bond motifs is 1. The number of nitrogens with zero attached hydrogens (tertiary/aromatic N) is 4. The van der Waals surface area contributed by atoms with Crippen LogP contribution in [0.2, 0.25) is 5.15 Å². The summed E-state index contributed by atoms with van der Waals surface area (Å²) in [6, 6.07) is 3.96. The molecule has 0 aliphatic heterocycles. The molecule has 0 saturated carbocycles. The average Bonchev–Trinajstić information content (AvgIpc) is 2.80. The monoisotopic (exact) mass is 288 g/mol. The van der Waals surface area contributed by atoms with Crippen LogP contribution in [-0.2, 0) is 0 Å². The number of aromatic nitrogens is 4. The van der Waals surface area contributed by atoms with Gasteiger partial charge in [-0.05, 0) is 31.5 Å². The number of hydrogen-bond acceptors (Lipinski definition) is 3. The number of halogens is 1. The molecule has 0 aliphatic carbocycles. The molecule has 0 aromatic carbocycles. The third kappa shape index (κ3) is 2.51. The third-order valence-corrected chi connectivity index (χ3v) is 3.17. The Morgan fingerprint density at radius 3 is 2.55 bits per heavy atom. The molecule has 3 heterocycles. The van der Waals surface area contributed by atoms with Gasteiger partial charge in [-0.3, -0.25) is 4.98 Å². The minimum absolute atomic E-state index is 0.488. The van der Waals surface area contributed by atoms with Gasteiger partial charge in [-0.25, -0.2) is 9.97 Å². The maximum Gasteiger partial charge on any atom is 0.149 e. The molecule has 0 unspecified atom stereocenters. The van der Waals surface area contributed by atoms with Gasteiger partial charge in [0.15, 0.2) is 0 Å². The van der Waals surface area contributed by atoms with E-state index < -0.39 is 0 Å². The minimum atomic E-state index is 0.488. The van der Waals surface area contributed by atoms with E-state index in [4.69, 9.17) is 11.6 Å². The molecule has 104 valence electrons. The van der Waals surface area contributed by atoms with Crippen LogP contribution in [0.4, 0.5) is 0 Å². The lowest BCUT2D eigenvalue weighted by Gasteiger charge is -2.04. The SMILES string of the molecule is CC.Cc1cc(-n2cc(C)c3c(Cl)ncnc32)ccn1. The fourth-order valence-electron chi connectivity index (χ4n) is 2.07. The van der Waals surface area contributed by atoms with Crippen LogP contribution in [0.15, 0.2) is 30.9 Å². The Hall–Kier alpha value is -1.94. The molecule has 0 spiro atoms. The van der Waals surface area contributed by atoms with Crippen LogP contribution in [0.5, 0.6) is 0 Å². The molecule has 0 bridgehead atoms. The molecule has 5 heteroatoms. The van der Waals surface area contributed by atoms with Crippen molar-refractivity contribution in [1.29, 1.82) is 0 Å². The molecular formula is C15H17ClN4. The number of rotatable bonds is 1. The minimum Gasteiger partial charge on any atom is -0.301 e. The fraction of sp³-hybridized carbons (Fsp3) is 0.267. The largest absolute Gasteiger partial charge is 0.301 e. The Labute approximate surface area is 123 Å². The predicted octanol–water partition coefficient (Wildman–Crippen LogP) is 4.11. The molecule has 4 nitrogen and oxygen atoms in total. The van der Waals surface area contributed by atoms with E-state index in [2.05, 4.69) is 15.0 Å². The van der Waals surface area contributed by atoms with Crippen molar-refractivity contribution in [1.82, 2.24) is 19.5 Å². The van der Waals surface area contributed by atoms with Crippen molar-refractivity contribution < 1.29 is 0 Å². The van der Waals surface area contributed by atoms with E-state index in [9.17, 15) is 0 Å². The standard InChI is InChI=1S/C13H11ClN4.C2H6/c1-8-6-18(10-3-4-15-9(2)5-10)13-11(8)12(14)16-7-17-13;1-2/h3-7H,1-2H3;1-2H3. The van der Waals surface area contributed by atoms with Crippen molar-refractivity contribution >= 4 is 22.6 Å². The third-order valence-electron chi connectivity index (χ3n) is 2.88. The molecule has 3 aromatic heterocycles. The lowest BCUT2D eigenvalue weighted by atomic mass is 10.3. The van der Waals surface area contributed by atoms with Crippen molar-refractivity contribution in [3.63, 3.8) is 0 Å². The van der Waals surface area contributed by atoms with Gasteiger partial charge in [0, 0.05) is 18.1 Å². The zero-order valence-electron chi connectivity index (χ0n) is 12.1. The van der Waals surface area contributed by atoms with E-state index >= 15 is 0 Å². The summed E-state index contributed by atoms with van der Waals surface area (Å²) in [4.78, 5) is 12.5. The van der Waals surface area contributed by atoms with Crippen LogP contribution in [0.1, 0.15) is 25.1 Å². The number of aryl methyl sites for hydroxylation is 2. The molecule has 0 saturated heterocycles. The summed E-state index contributed by atoms with van der Waals surface area (Å²) in [6.45, 7) is 7.96. The van der Waals surface area contributed by atoms with Crippen LogP contribution in [0.3, 0.4) is 0 Å². The normalized spacial score (nSPS) is 10.2. The summed E-state index contributed by atoms with van der Waals surface area (Å²) < 4.78 is 2.01. The van der Waals surface area contributed by atoms with E-state index in [0.29, 0.717) is 5.15 Å². The summed E-state index contributed by atoms with van der Waals surface area (Å²) >= 11 is 6.12. The second kappa shape index (κ2) is 6.01. The highest BCUT2D eigenvalue weighted by Gasteiger charge is 2.12. The van der Waals surface area contributed by atoms with Crippen molar-refractivity contribution in [3.05, 3.63) is 47.3 Å². The summed E-state index contributed by atoms with van der Waals surface area (Å²) in [7, 11) is 0. The first-order valence-corrected chi connectivity index (χ1v) is 6.96. The topological polar surface area (TPSA) is 43.6 Å². The van der Waals surface area contributed by atoms with Gasteiger partial charge in [0.2, 0.25) is 0 Å². The molecule has 0 amide bonds. The van der Waals surface area contributed by atoms with Gasteiger partial charge in [-0.1, -0.05) is 25.4 Å². The zero-order valence-corrected chi connectivity index (χ0v) is 12.8. The Bertz CT molecular complexity index is 734. The average molecular weight is 289 g/mol. The van der Waals surface area contributed by atoms with Crippen LogP contribution in [0.25, 0.3) is 16.7 Å². The molecule has 0 N–H and O–H groups in total. The van der Waals surface area contributed by atoms with Gasteiger partial charge in [0.25, 0.3) is 0 Å². The molecule has 0 fully saturated rings. The van der Waals surface area contributed by atoms with Crippen LogP contribution in [-0.4, -0.2) is 19.5 Å². The molecular weight excluding hydrogens is 272 g/mol. The Balaban J connectivity index is 0.000000704. The number of pyridine rings is 1. The van der Waals surface area contributed by atoms with E-state index in [1.807, 2.05) is 50.6 Å². The first-order valence-electron chi connectivity index (χ1n) is 6.58. The van der Waals surface area contributed by atoms with Crippen molar-refractivity contribution in [2.75, 3.05) is 0 Å². The second-order valence-electron chi connectivity index (χ2n) is 4.20.